The van der Waals surface area contributed by atoms with Gasteiger partial charge in [-0.15, -0.1) is 11.3 Å². The molecule has 1 aliphatic rings. The number of aromatic nitrogens is 1. The fourth-order valence-electron chi connectivity index (χ4n) is 3.52. The van der Waals surface area contributed by atoms with Gasteiger partial charge >= 0.3 is 0 Å². The molecule has 0 saturated carbocycles. The first kappa shape index (κ1) is 17.2. The van der Waals surface area contributed by atoms with Crippen LogP contribution in [0.1, 0.15) is 20.7 Å². The Kier molecular flexibility index (Phi) is 3.75. The van der Waals surface area contributed by atoms with Gasteiger partial charge in [-0.1, -0.05) is 36.4 Å². The maximum Gasteiger partial charge on any atom is 0.277 e. The van der Waals surface area contributed by atoms with Crippen LogP contribution in [0.2, 0.25) is 0 Å². The molecular weight excluding hydrogens is 390 g/mol. The van der Waals surface area contributed by atoms with Gasteiger partial charge in [0.1, 0.15) is 0 Å². The van der Waals surface area contributed by atoms with Crippen molar-refractivity contribution in [3.8, 4) is 11.3 Å². The number of hydrogen-bond acceptors (Lipinski definition) is 6. The van der Waals surface area contributed by atoms with Crippen LogP contribution in [0.15, 0.2) is 66.0 Å². The second-order valence-corrected chi connectivity index (χ2v) is 7.28. The average molecular weight is 401 g/mol. The zero-order valence-corrected chi connectivity index (χ0v) is 15.6. The molecule has 0 saturated heterocycles. The number of anilines is 1. The minimum atomic E-state index is -0.539. The van der Waals surface area contributed by atoms with Crippen LogP contribution in [0.25, 0.3) is 22.0 Å². The van der Waals surface area contributed by atoms with Gasteiger partial charge in [0, 0.05) is 33.5 Å². The molecule has 29 heavy (non-hydrogen) atoms. The van der Waals surface area contributed by atoms with Crippen molar-refractivity contribution in [3.05, 3.63) is 87.3 Å². The van der Waals surface area contributed by atoms with Crippen molar-refractivity contribution in [2.24, 2.45) is 0 Å². The predicted octanol–water partition coefficient (Wildman–Crippen LogP) is 4.67. The quantitative estimate of drug-likeness (QED) is 0.282. The number of rotatable bonds is 3. The number of nitro benzene ring substituents is 1. The number of amides is 2. The zero-order chi connectivity index (χ0) is 20.1. The van der Waals surface area contributed by atoms with Crippen LogP contribution in [0.4, 0.5) is 10.8 Å². The lowest BCUT2D eigenvalue weighted by Crippen LogP contribution is -2.40. The Morgan fingerprint density at radius 3 is 2.34 bits per heavy atom. The van der Waals surface area contributed by atoms with E-state index in [0.717, 1.165) is 10.5 Å². The third-order valence-electron chi connectivity index (χ3n) is 4.83. The van der Waals surface area contributed by atoms with Gasteiger partial charge in [0.15, 0.2) is 5.13 Å². The lowest BCUT2D eigenvalue weighted by Gasteiger charge is -2.25. The van der Waals surface area contributed by atoms with Crippen LogP contribution in [-0.2, 0) is 0 Å². The summed E-state index contributed by atoms with van der Waals surface area (Å²) in [6.45, 7) is 0. The summed E-state index contributed by atoms with van der Waals surface area (Å²) in [5, 5.41) is 14.0. The van der Waals surface area contributed by atoms with E-state index in [9.17, 15) is 19.7 Å². The summed E-state index contributed by atoms with van der Waals surface area (Å²) in [6.07, 6.45) is 0. The second-order valence-electron chi connectivity index (χ2n) is 6.44. The van der Waals surface area contributed by atoms with Gasteiger partial charge < -0.3 is 0 Å². The molecule has 5 rings (SSSR count). The highest BCUT2D eigenvalue weighted by Gasteiger charge is 2.37. The minimum Gasteiger partial charge on any atom is -0.268 e. The maximum absolute atomic E-state index is 13.1. The smallest absolute Gasteiger partial charge is 0.268 e. The molecule has 4 aromatic rings. The maximum atomic E-state index is 13.1. The Balaban J connectivity index is 1.66. The molecule has 1 aromatic heterocycles. The summed E-state index contributed by atoms with van der Waals surface area (Å²) in [7, 11) is 0. The number of nitro groups is 1. The molecule has 2 amide bonds. The molecule has 140 valence electrons. The van der Waals surface area contributed by atoms with Gasteiger partial charge in [-0.2, -0.15) is 0 Å². The van der Waals surface area contributed by atoms with Gasteiger partial charge in [0.2, 0.25) is 0 Å². The topological polar surface area (TPSA) is 93.4 Å². The third kappa shape index (κ3) is 2.54. The number of imide groups is 1. The van der Waals surface area contributed by atoms with E-state index in [2.05, 4.69) is 4.98 Å². The molecule has 0 unspecified atom stereocenters. The SMILES string of the molecule is O=C1c2cccc3c([N+](=O)[O-])ccc(c23)C(=O)N1c1nc(-c2ccccc2)cs1. The van der Waals surface area contributed by atoms with E-state index >= 15 is 0 Å². The molecular formula is C21H11N3O4S. The third-order valence-corrected chi connectivity index (χ3v) is 5.66. The van der Waals surface area contributed by atoms with Crippen molar-refractivity contribution < 1.29 is 14.5 Å². The highest BCUT2D eigenvalue weighted by molar-refractivity contribution is 7.14. The molecule has 0 bridgehead atoms. The summed E-state index contributed by atoms with van der Waals surface area (Å²) in [5.74, 6) is -1.08. The Morgan fingerprint density at radius 1 is 0.897 bits per heavy atom. The Bertz CT molecular complexity index is 1310. The number of non-ortho nitro benzene ring substituents is 1. The summed E-state index contributed by atoms with van der Waals surface area (Å²) in [6, 6.07) is 16.9. The van der Waals surface area contributed by atoms with Crippen molar-refractivity contribution in [1.29, 1.82) is 0 Å². The second kappa shape index (κ2) is 6.32. The first-order valence-corrected chi connectivity index (χ1v) is 9.54. The Hall–Kier alpha value is -3.91. The average Bonchev–Trinajstić information content (AvgIpc) is 3.22. The largest absolute Gasteiger partial charge is 0.277 e. The first-order chi connectivity index (χ1) is 14.1. The van der Waals surface area contributed by atoms with E-state index in [1.54, 1.807) is 23.6 Å². The van der Waals surface area contributed by atoms with Crippen LogP contribution in [0, 0.1) is 10.1 Å². The number of carbonyl (C=O) groups is 2. The van der Waals surface area contributed by atoms with Crippen molar-refractivity contribution in [1.82, 2.24) is 4.98 Å². The van der Waals surface area contributed by atoms with Gasteiger partial charge in [0.25, 0.3) is 17.5 Å². The van der Waals surface area contributed by atoms with Gasteiger partial charge in [-0.05, 0) is 18.2 Å². The summed E-state index contributed by atoms with van der Waals surface area (Å²) < 4.78 is 0. The van der Waals surface area contributed by atoms with Crippen LogP contribution >= 0.6 is 11.3 Å². The minimum absolute atomic E-state index is 0.139. The highest BCUT2D eigenvalue weighted by atomic mass is 32.1. The molecule has 0 N–H and O–H groups in total. The highest BCUT2D eigenvalue weighted by Crippen LogP contribution is 2.38. The van der Waals surface area contributed by atoms with Crippen LogP contribution < -0.4 is 4.90 Å². The van der Waals surface area contributed by atoms with E-state index in [-0.39, 0.29) is 27.3 Å². The molecule has 0 spiro atoms. The van der Waals surface area contributed by atoms with Crippen molar-refractivity contribution >= 4 is 44.7 Å². The number of hydrogen-bond donors (Lipinski definition) is 0. The standard InChI is InChI=1S/C21H11N3O4S/c25-19-14-8-4-7-13-17(24(27)28)10-9-15(18(13)14)20(26)23(19)21-22-16(11-29-21)12-5-2-1-3-6-12/h1-11H. The summed E-state index contributed by atoms with van der Waals surface area (Å²) in [5.41, 5.74) is 1.90. The number of nitrogens with zero attached hydrogens (tertiary/aromatic N) is 3. The van der Waals surface area contributed by atoms with Gasteiger partial charge in [-0.3, -0.25) is 19.7 Å². The van der Waals surface area contributed by atoms with Crippen LogP contribution in [0.3, 0.4) is 0 Å². The molecule has 1 aliphatic heterocycles. The van der Waals surface area contributed by atoms with Crippen molar-refractivity contribution in [2.75, 3.05) is 4.90 Å². The molecule has 2 heterocycles. The van der Waals surface area contributed by atoms with E-state index in [1.807, 2.05) is 30.3 Å². The Labute approximate surface area is 168 Å². The zero-order valence-electron chi connectivity index (χ0n) is 14.7. The first-order valence-electron chi connectivity index (χ1n) is 8.66. The summed E-state index contributed by atoms with van der Waals surface area (Å²) >= 11 is 1.20. The van der Waals surface area contributed by atoms with E-state index in [0.29, 0.717) is 11.1 Å². The molecule has 0 fully saturated rings. The van der Waals surface area contributed by atoms with Crippen molar-refractivity contribution in [2.45, 2.75) is 0 Å². The van der Waals surface area contributed by atoms with Gasteiger partial charge in [-0.25, -0.2) is 9.88 Å². The summed E-state index contributed by atoms with van der Waals surface area (Å²) in [4.78, 5) is 42.6. The van der Waals surface area contributed by atoms with E-state index < -0.39 is 16.7 Å². The fourth-order valence-corrected chi connectivity index (χ4v) is 4.35. The molecule has 7 nitrogen and oxygen atoms in total. The molecule has 0 aliphatic carbocycles. The number of thiazole rings is 1. The number of benzene rings is 3. The van der Waals surface area contributed by atoms with E-state index in [1.165, 1.54) is 23.5 Å². The van der Waals surface area contributed by atoms with Crippen molar-refractivity contribution in [3.63, 3.8) is 0 Å². The lowest BCUT2D eigenvalue weighted by molar-refractivity contribution is -0.383. The lowest BCUT2D eigenvalue weighted by atomic mass is 9.93. The van der Waals surface area contributed by atoms with Gasteiger partial charge in [0.05, 0.1) is 16.0 Å². The van der Waals surface area contributed by atoms with Crippen LogP contribution in [0.5, 0.6) is 0 Å². The normalized spacial score (nSPS) is 13.2. The fraction of sp³-hybridized carbons (Fsp3) is 0. The number of carbonyl (C=O) groups excluding carboxylic acids is 2. The molecule has 8 heteroatoms. The van der Waals surface area contributed by atoms with E-state index in [4.69, 9.17) is 0 Å². The Morgan fingerprint density at radius 2 is 1.62 bits per heavy atom. The van der Waals surface area contributed by atoms with Crippen LogP contribution in [-0.4, -0.2) is 21.7 Å². The molecule has 0 radical (unpaired) electrons. The molecule has 0 atom stereocenters. The predicted molar refractivity (Wildman–Crippen MR) is 109 cm³/mol. The monoisotopic (exact) mass is 401 g/mol. The molecule has 3 aromatic carbocycles.